The van der Waals surface area contributed by atoms with Gasteiger partial charge in [0.2, 0.25) is 0 Å². The third-order valence-electron chi connectivity index (χ3n) is 3.29. The van der Waals surface area contributed by atoms with Gasteiger partial charge in [0.1, 0.15) is 0 Å². The summed E-state index contributed by atoms with van der Waals surface area (Å²) in [5.74, 6) is 0.647. The van der Waals surface area contributed by atoms with Crippen molar-refractivity contribution in [1.82, 2.24) is 5.32 Å². The number of hydrogen-bond donors (Lipinski definition) is 1. The lowest BCUT2D eigenvalue weighted by atomic mass is 10.0. The Bertz CT molecular complexity index is 338. The van der Waals surface area contributed by atoms with E-state index >= 15 is 0 Å². The van der Waals surface area contributed by atoms with Crippen LogP contribution >= 0.6 is 0 Å². The Balaban J connectivity index is 2.78. The van der Waals surface area contributed by atoms with E-state index in [1.54, 1.807) is 0 Å². The zero-order valence-electron chi connectivity index (χ0n) is 12.0. The average molecular weight is 234 g/mol. The van der Waals surface area contributed by atoms with Crippen LogP contribution in [0, 0.1) is 19.8 Å². The van der Waals surface area contributed by atoms with Gasteiger partial charge in [-0.1, -0.05) is 19.9 Å². The van der Waals surface area contributed by atoms with E-state index < -0.39 is 0 Å². The van der Waals surface area contributed by atoms with Crippen molar-refractivity contribution in [2.75, 3.05) is 25.5 Å². The molecule has 1 N–H and O–H groups in total. The highest BCUT2D eigenvalue weighted by Crippen LogP contribution is 2.18. The number of rotatable bonds is 5. The molecule has 0 aromatic heterocycles. The van der Waals surface area contributed by atoms with E-state index in [9.17, 15) is 0 Å². The molecular formula is C15H26N2. The molecule has 1 atom stereocenters. The molecule has 1 unspecified atom stereocenters. The maximum absolute atomic E-state index is 3.39. The molecule has 0 aliphatic heterocycles. The van der Waals surface area contributed by atoms with E-state index in [0.717, 1.165) is 6.54 Å². The molecule has 0 saturated heterocycles. The first-order valence-electron chi connectivity index (χ1n) is 6.40. The van der Waals surface area contributed by atoms with Crippen molar-refractivity contribution in [3.63, 3.8) is 0 Å². The topological polar surface area (TPSA) is 15.3 Å². The van der Waals surface area contributed by atoms with Gasteiger partial charge in [-0.25, -0.2) is 0 Å². The number of aryl methyl sites for hydroxylation is 2. The van der Waals surface area contributed by atoms with Crippen molar-refractivity contribution in [3.8, 4) is 0 Å². The van der Waals surface area contributed by atoms with Gasteiger partial charge in [0.25, 0.3) is 0 Å². The minimum atomic E-state index is 0.529. The summed E-state index contributed by atoms with van der Waals surface area (Å²) in [7, 11) is 4.21. The van der Waals surface area contributed by atoms with E-state index in [0.29, 0.717) is 12.0 Å². The monoisotopic (exact) mass is 234 g/mol. The molecule has 2 nitrogen and oxygen atoms in total. The van der Waals surface area contributed by atoms with E-state index in [1.165, 1.54) is 16.8 Å². The highest BCUT2D eigenvalue weighted by atomic mass is 15.1. The zero-order chi connectivity index (χ0) is 13.0. The summed E-state index contributed by atoms with van der Waals surface area (Å²) in [6.07, 6.45) is 0. The SMILES string of the molecule is CNC(CN(C)c1cc(C)cc(C)c1)C(C)C. The molecule has 0 amide bonds. The number of hydrogen-bond acceptors (Lipinski definition) is 2. The number of likely N-dealkylation sites (N-methyl/N-ethyl adjacent to an activating group) is 2. The molecule has 0 aliphatic carbocycles. The van der Waals surface area contributed by atoms with Crippen LogP contribution in [0.15, 0.2) is 18.2 Å². The van der Waals surface area contributed by atoms with Crippen LogP contribution in [0.25, 0.3) is 0 Å². The Morgan fingerprint density at radius 3 is 2.06 bits per heavy atom. The molecular weight excluding hydrogens is 208 g/mol. The number of benzene rings is 1. The summed E-state index contributed by atoms with van der Waals surface area (Å²) in [4.78, 5) is 2.33. The summed E-state index contributed by atoms with van der Waals surface area (Å²) in [6.45, 7) is 9.87. The first-order chi connectivity index (χ1) is 7.93. The Kier molecular flexibility index (Phi) is 5.01. The van der Waals surface area contributed by atoms with Crippen molar-refractivity contribution < 1.29 is 0 Å². The standard InChI is InChI=1S/C15H26N2/c1-11(2)15(16-5)10-17(6)14-8-12(3)7-13(4)9-14/h7-9,11,15-16H,10H2,1-6H3. The van der Waals surface area contributed by atoms with Crippen LogP contribution in [0.5, 0.6) is 0 Å². The first kappa shape index (κ1) is 14.0. The van der Waals surface area contributed by atoms with Crippen LogP contribution in [-0.2, 0) is 0 Å². The van der Waals surface area contributed by atoms with Crippen LogP contribution in [0.4, 0.5) is 5.69 Å². The molecule has 1 rings (SSSR count). The Hall–Kier alpha value is -1.02. The van der Waals surface area contributed by atoms with Gasteiger partial charge in [0, 0.05) is 25.3 Å². The molecule has 96 valence electrons. The maximum Gasteiger partial charge on any atom is 0.0369 e. The van der Waals surface area contributed by atoms with E-state index in [4.69, 9.17) is 0 Å². The second kappa shape index (κ2) is 6.06. The summed E-state index contributed by atoms with van der Waals surface area (Å²) in [5.41, 5.74) is 3.97. The normalized spacial score (nSPS) is 12.9. The molecule has 0 fully saturated rings. The van der Waals surface area contributed by atoms with Gasteiger partial charge in [-0.05, 0) is 50.1 Å². The predicted molar refractivity (Wildman–Crippen MR) is 76.9 cm³/mol. The minimum absolute atomic E-state index is 0.529. The smallest absolute Gasteiger partial charge is 0.0369 e. The summed E-state index contributed by atoms with van der Waals surface area (Å²) in [5, 5.41) is 3.39. The van der Waals surface area contributed by atoms with Crippen molar-refractivity contribution >= 4 is 5.69 Å². The molecule has 0 bridgehead atoms. The van der Waals surface area contributed by atoms with Gasteiger partial charge in [-0.2, -0.15) is 0 Å². The summed E-state index contributed by atoms with van der Waals surface area (Å²) < 4.78 is 0. The van der Waals surface area contributed by atoms with Crippen molar-refractivity contribution in [3.05, 3.63) is 29.3 Å². The van der Waals surface area contributed by atoms with Crippen LogP contribution in [-0.4, -0.2) is 26.7 Å². The van der Waals surface area contributed by atoms with Crippen molar-refractivity contribution in [1.29, 1.82) is 0 Å². The Morgan fingerprint density at radius 1 is 1.12 bits per heavy atom. The van der Waals surface area contributed by atoms with Gasteiger partial charge >= 0.3 is 0 Å². The van der Waals surface area contributed by atoms with E-state index in [2.05, 4.69) is 63.2 Å². The van der Waals surface area contributed by atoms with Crippen molar-refractivity contribution in [2.24, 2.45) is 5.92 Å². The van der Waals surface area contributed by atoms with Crippen LogP contribution in [0.1, 0.15) is 25.0 Å². The van der Waals surface area contributed by atoms with Crippen molar-refractivity contribution in [2.45, 2.75) is 33.7 Å². The van der Waals surface area contributed by atoms with Crippen LogP contribution < -0.4 is 10.2 Å². The summed E-state index contributed by atoms with van der Waals surface area (Å²) in [6, 6.07) is 7.25. The average Bonchev–Trinajstić information content (AvgIpc) is 2.23. The first-order valence-corrected chi connectivity index (χ1v) is 6.40. The van der Waals surface area contributed by atoms with Gasteiger partial charge in [0.15, 0.2) is 0 Å². The Morgan fingerprint density at radius 2 is 1.65 bits per heavy atom. The molecule has 2 heteroatoms. The van der Waals surface area contributed by atoms with E-state index in [1.807, 2.05) is 7.05 Å². The molecule has 1 aromatic carbocycles. The van der Waals surface area contributed by atoms with Gasteiger partial charge in [-0.3, -0.25) is 0 Å². The number of nitrogens with zero attached hydrogens (tertiary/aromatic N) is 1. The second-order valence-corrected chi connectivity index (χ2v) is 5.37. The van der Waals surface area contributed by atoms with E-state index in [-0.39, 0.29) is 0 Å². The lowest BCUT2D eigenvalue weighted by molar-refractivity contribution is 0.429. The number of nitrogens with one attached hydrogen (secondary N) is 1. The number of anilines is 1. The zero-order valence-corrected chi connectivity index (χ0v) is 12.0. The second-order valence-electron chi connectivity index (χ2n) is 5.37. The Labute approximate surface area is 106 Å². The fourth-order valence-electron chi connectivity index (χ4n) is 2.21. The quantitative estimate of drug-likeness (QED) is 0.842. The third-order valence-corrected chi connectivity index (χ3v) is 3.29. The molecule has 0 radical (unpaired) electrons. The maximum atomic E-state index is 3.39. The minimum Gasteiger partial charge on any atom is -0.373 e. The molecule has 17 heavy (non-hydrogen) atoms. The molecule has 0 aliphatic rings. The fraction of sp³-hybridized carbons (Fsp3) is 0.600. The highest BCUT2D eigenvalue weighted by Gasteiger charge is 2.13. The van der Waals surface area contributed by atoms with Gasteiger partial charge < -0.3 is 10.2 Å². The largest absolute Gasteiger partial charge is 0.373 e. The molecule has 0 saturated carbocycles. The molecule has 0 heterocycles. The summed E-state index contributed by atoms with van der Waals surface area (Å²) >= 11 is 0. The van der Waals surface area contributed by atoms with Crippen LogP contribution in [0.3, 0.4) is 0 Å². The van der Waals surface area contributed by atoms with Gasteiger partial charge in [0.05, 0.1) is 0 Å². The lowest BCUT2D eigenvalue weighted by Gasteiger charge is -2.28. The fourth-order valence-corrected chi connectivity index (χ4v) is 2.21. The van der Waals surface area contributed by atoms with Gasteiger partial charge in [-0.15, -0.1) is 0 Å². The molecule has 1 aromatic rings. The lowest BCUT2D eigenvalue weighted by Crippen LogP contribution is -2.41. The third kappa shape index (κ3) is 4.04. The highest BCUT2D eigenvalue weighted by molar-refractivity contribution is 5.50. The predicted octanol–water partition coefficient (Wildman–Crippen LogP) is 2.98. The van der Waals surface area contributed by atoms with Crippen LogP contribution in [0.2, 0.25) is 0 Å². The molecule has 0 spiro atoms.